The summed E-state index contributed by atoms with van der Waals surface area (Å²) in [5.74, 6) is -0.0931. The van der Waals surface area contributed by atoms with Gasteiger partial charge in [-0.1, -0.05) is 60.7 Å². The molecule has 0 saturated heterocycles. The molecule has 0 aromatic heterocycles. The van der Waals surface area contributed by atoms with Gasteiger partial charge in [0, 0.05) is 17.2 Å². The van der Waals surface area contributed by atoms with E-state index in [2.05, 4.69) is 0 Å². The van der Waals surface area contributed by atoms with E-state index in [9.17, 15) is 9.36 Å². The molecule has 0 radical (unpaired) electrons. The summed E-state index contributed by atoms with van der Waals surface area (Å²) < 4.78 is 14.0. The molecule has 1 N–H and O–H groups in total. The van der Waals surface area contributed by atoms with Crippen molar-refractivity contribution < 1.29 is 14.5 Å². The van der Waals surface area contributed by atoms with Crippen LogP contribution in [0.4, 0.5) is 0 Å². The van der Waals surface area contributed by atoms with Crippen molar-refractivity contribution in [3.8, 4) is 0 Å². The Labute approximate surface area is 131 Å². The Morgan fingerprint density at radius 3 is 1.82 bits per heavy atom. The summed E-state index contributed by atoms with van der Waals surface area (Å²) in [6.07, 6.45) is 0.890. The normalized spacial score (nSPS) is 12.8. The molecule has 2 aromatic carbocycles. The topological polar surface area (TPSA) is 54.4 Å². The molecule has 0 saturated carbocycles. The summed E-state index contributed by atoms with van der Waals surface area (Å²) in [5.41, 5.74) is -0.593. The van der Waals surface area contributed by atoms with E-state index in [0.717, 1.165) is 0 Å². The molecule has 0 spiro atoms. The first-order valence-corrected chi connectivity index (χ1v) is 9.20. The average molecular weight is 316 g/mol. The van der Waals surface area contributed by atoms with Gasteiger partial charge in [-0.15, -0.1) is 0 Å². The van der Waals surface area contributed by atoms with Crippen LogP contribution in [-0.2, 0) is 9.36 Å². The van der Waals surface area contributed by atoms with Gasteiger partial charge < -0.3 is 9.67 Å². The highest BCUT2D eigenvalue weighted by Crippen LogP contribution is 2.50. The first-order chi connectivity index (χ1) is 10.6. The van der Waals surface area contributed by atoms with E-state index < -0.39 is 12.8 Å². The molecule has 0 aliphatic heterocycles. The van der Waals surface area contributed by atoms with Gasteiger partial charge in [-0.2, -0.15) is 0 Å². The van der Waals surface area contributed by atoms with Gasteiger partial charge in [-0.25, -0.2) is 0 Å². The number of benzene rings is 2. The van der Waals surface area contributed by atoms with E-state index in [4.69, 9.17) is 5.11 Å². The van der Waals surface area contributed by atoms with Gasteiger partial charge in [0.1, 0.15) is 5.78 Å². The molecule has 2 aromatic rings. The molecule has 0 aliphatic rings. The Morgan fingerprint density at radius 2 is 1.45 bits per heavy atom. The van der Waals surface area contributed by atoms with Crippen LogP contribution in [0, 0.1) is 0 Å². The standard InChI is InChI=1S/C18H21O3P/c1-15(20)18(13-8-14-19)22(21,16-9-4-2-5-10-16)17-11-6-3-7-12-17/h2-7,9-12,18-19H,8,13-14H2,1H3. The second-order valence-corrected chi connectivity index (χ2v) is 8.29. The molecule has 0 bridgehead atoms. The number of aliphatic hydroxyl groups is 1. The summed E-state index contributed by atoms with van der Waals surface area (Å²) >= 11 is 0. The van der Waals surface area contributed by atoms with Crippen molar-refractivity contribution in [3.05, 3.63) is 60.7 Å². The van der Waals surface area contributed by atoms with Gasteiger partial charge in [0.15, 0.2) is 7.14 Å². The maximum atomic E-state index is 14.0. The molecule has 1 unspecified atom stereocenters. The van der Waals surface area contributed by atoms with Crippen LogP contribution in [0.25, 0.3) is 0 Å². The number of Topliss-reactive ketones (excluding diaryl/α,β-unsaturated/α-hetero) is 1. The van der Waals surface area contributed by atoms with E-state index in [-0.39, 0.29) is 12.4 Å². The lowest BCUT2D eigenvalue weighted by Gasteiger charge is -2.27. The largest absolute Gasteiger partial charge is 0.396 e. The third-order valence-electron chi connectivity index (χ3n) is 3.82. The first-order valence-electron chi connectivity index (χ1n) is 7.43. The number of rotatable bonds is 7. The highest BCUT2D eigenvalue weighted by Gasteiger charge is 2.38. The van der Waals surface area contributed by atoms with Crippen molar-refractivity contribution >= 4 is 23.5 Å². The van der Waals surface area contributed by atoms with E-state index in [1.165, 1.54) is 6.92 Å². The van der Waals surface area contributed by atoms with Crippen molar-refractivity contribution in [2.24, 2.45) is 0 Å². The summed E-state index contributed by atoms with van der Waals surface area (Å²) in [5, 5.41) is 10.5. The van der Waals surface area contributed by atoms with Crippen LogP contribution in [0.15, 0.2) is 60.7 Å². The second-order valence-electron chi connectivity index (χ2n) is 5.32. The minimum atomic E-state index is -3.08. The molecule has 0 fully saturated rings. The monoisotopic (exact) mass is 316 g/mol. The molecule has 116 valence electrons. The fourth-order valence-corrected chi connectivity index (χ4v) is 6.04. The number of carbonyl (C=O) groups excluding carboxylic acids is 1. The predicted molar refractivity (Wildman–Crippen MR) is 90.5 cm³/mol. The SMILES string of the molecule is CC(=O)C(CCCO)P(=O)(c1ccccc1)c1ccccc1. The molecule has 2 rings (SSSR count). The second kappa shape index (κ2) is 7.53. The zero-order valence-corrected chi connectivity index (χ0v) is 13.6. The van der Waals surface area contributed by atoms with Crippen LogP contribution in [0.3, 0.4) is 0 Å². The molecule has 0 heterocycles. The van der Waals surface area contributed by atoms with Crippen molar-refractivity contribution in [1.29, 1.82) is 0 Å². The lowest BCUT2D eigenvalue weighted by atomic mass is 10.2. The van der Waals surface area contributed by atoms with E-state index >= 15 is 0 Å². The van der Waals surface area contributed by atoms with Crippen molar-refractivity contribution in [3.63, 3.8) is 0 Å². The molecule has 0 amide bonds. The highest BCUT2D eigenvalue weighted by molar-refractivity contribution is 7.80. The van der Waals surface area contributed by atoms with Crippen molar-refractivity contribution in [2.45, 2.75) is 25.4 Å². The van der Waals surface area contributed by atoms with Gasteiger partial charge >= 0.3 is 0 Å². The summed E-state index contributed by atoms with van der Waals surface area (Å²) in [6.45, 7) is 1.48. The Kier molecular flexibility index (Phi) is 5.70. The van der Waals surface area contributed by atoms with E-state index in [0.29, 0.717) is 23.5 Å². The van der Waals surface area contributed by atoms with Crippen molar-refractivity contribution in [1.82, 2.24) is 0 Å². The fourth-order valence-electron chi connectivity index (χ4n) is 2.73. The smallest absolute Gasteiger partial charge is 0.153 e. The fraction of sp³-hybridized carbons (Fsp3) is 0.278. The molecule has 1 atom stereocenters. The van der Waals surface area contributed by atoms with E-state index in [1.54, 1.807) is 0 Å². The summed E-state index contributed by atoms with van der Waals surface area (Å²) in [6, 6.07) is 18.4. The van der Waals surface area contributed by atoms with Crippen LogP contribution in [0.2, 0.25) is 0 Å². The maximum Gasteiger partial charge on any atom is 0.153 e. The lowest BCUT2D eigenvalue weighted by molar-refractivity contribution is -0.116. The number of hydrogen-bond donors (Lipinski definition) is 1. The maximum absolute atomic E-state index is 14.0. The van der Waals surface area contributed by atoms with Crippen LogP contribution < -0.4 is 10.6 Å². The van der Waals surface area contributed by atoms with Crippen LogP contribution in [0.5, 0.6) is 0 Å². The van der Waals surface area contributed by atoms with Crippen LogP contribution in [-0.4, -0.2) is 23.2 Å². The quantitative estimate of drug-likeness (QED) is 0.799. The molecular formula is C18H21O3P. The summed E-state index contributed by atoms with van der Waals surface area (Å²) in [4.78, 5) is 12.2. The van der Waals surface area contributed by atoms with Gasteiger partial charge in [0.2, 0.25) is 0 Å². The molecule has 3 nitrogen and oxygen atoms in total. The predicted octanol–water partition coefficient (Wildman–Crippen LogP) is 2.73. The number of aliphatic hydroxyl groups excluding tert-OH is 1. The first kappa shape index (κ1) is 16.7. The third-order valence-corrected chi connectivity index (χ3v) is 7.45. The van der Waals surface area contributed by atoms with Gasteiger partial charge in [0.25, 0.3) is 0 Å². The lowest BCUT2D eigenvalue weighted by Crippen LogP contribution is -2.30. The number of ketones is 1. The number of hydrogen-bond acceptors (Lipinski definition) is 3. The number of carbonyl (C=O) groups is 1. The Morgan fingerprint density at radius 1 is 1.00 bits per heavy atom. The van der Waals surface area contributed by atoms with Gasteiger partial charge in [0.05, 0.1) is 5.66 Å². The molecule has 0 aliphatic carbocycles. The zero-order valence-electron chi connectivity index (χ0n) is 12.7. The third kappa shape index (κ3) is 3.37. The van der Waals surface area contributed by atoms with Gasteiger partial charge in [-0.3, -0.25) is 4.79 Å². The highest BCUT2D eigenvalue weighted by atomic mass is 31.2. The minimum Gasteiger partial charge on any atom is -0.396 e. The van der Waals surface area contributed by atoms with Crippen LogP contribution >= 0.6 is 7.14 Å². The Hall–Kier alpha value is -1.70. The van der Waals surface area contributed by atoms with E-state index in [1.807, 2.05) is 60.7 Å². The van der Waals surface area contributed by atoms with Gasteiger partial charge in [-0.05, 0) is 19.8 Å². The Balaban J connectivity index is 2.59. The van der Waals surface area contributed by atoms with Crippen molar-refractivity contribution in [2.75, 3.05) is 6.61 Å². The Bertz CT molecular complexity index is 609. The average Bonchev–Trinajstić information content (AvgIpc) is 2.56. The molecular weight excluding hydrogens is 295 g/mol. The zero-order chi connectivity index (χ0) is 16.0. The van der Waals surface area contributed by atoms with Crippen LogP contribution in [0.1, 0.15) is 19.8 Å². The molecule has 4 heteroatoms. The molecule has 22 heavy (non-hydrogen) atoms. The minimum absolute atomic E-state index is 0.00659. The summed E-state index contributed by atoms with van der Waals surface area (Å²) in [7, 11) is -3.08.